The first-order valence-corrected chi connectivity index (χ1v) is 6.70. The second kappa shape index (κ2) is 4.98. The molecule has 2 heteroatoms. The Hall–Kier alpha value is -1.93. The van der Waals surface area contributed by atoms with Gasteiger partial charge in [-0.2, -0.15) is 0 Å². The molecule has 0 radical (unpaired) electrons. The van der Waals surface area contributed by atoms with Crippen molar-refractivity contribution in [3.8, 4) is 0 Å². The van der Waals surface area contributed by atoms with Crippen LogP contribution in [0.15, 0.2) is 48.5 Å². The van der Waals surface area contributed by atoms with Crippen LogP contribution in [0.2, 0.25) is 0 Å². The molecule has 0 aliphatic rings. The molecule has 1 unspecified atom stereocenters. The van der Waals surface area contributed by atoms with Gasteiger partial charge >= 0.3 is 0 Å². The van der Waals surface area contributed by atoms with Gasteiger partial charge in [0.1, 0.15) is 0 Å². The maximum Gasteiger partial charge on any atom is 0.0972 e. The monoisotopic (exact) mass is 251 g/mol. The fourth-order valence-corrected chi connectivity index (χ4v) is 2.57. The molecule has 0 bridgehead atoms. The van der Waals surface area contributed by atoms with Crippen LogP contribution >= 0.6 is 0 Å². The van der Waals surface area contributed by atoms with E-state index in [0.717, 1.165) is 11.2 Å². The zero-order valence-corrected chi connectivity index (χ0v) is 11.3. The lowest BCUT2D eigenvalue weighted by molar-refractivity contribution is 0.0747. The molecule has 0 saturated heterocycles. The average molecular weight is 251 g/mol. The van der Waals surface area contributed by atoms with Crippen molar-refractivity contribution in [3.05, 3.63) is 54.2 Å². The quantitative estimate of drug-likeness (QED) is 0.640. The maximum absolute atomic E-state index is 5.72. The van der Waals surface area contributed by atoms with Crippen molar-refractivity contribution >= 4 is 21.7 Å². The molecule has 1 heterocycles. The third-order valence-corrected chi connectivity index (χ3v) is 3.44. The summed E-state index contributed by atoms with van der Waals surface area (Å²) < 4.78 is 5.72. The Kier molecular flexibility index (Phi) is 3.18. The van der Waals surface area contributed by atoms with Crippen LogP contribution in [0.3, 0.4) is 0 Å². The fraction of sp³-hybridized carbons (Fsp3) is 0.235. The van der Waals surface area contributed by atoms with E-state index in [-0.39, 0.29) is 6.10 Å². The zero-order valence-electron chi connectivity index (χ0n) is 11.3. The van der Waals surface area contributed by atoms with Crippen molar-refractivity contribution in [3.63, 3.8) is 0 Å². The van der Waals surface area contributed by atoms with Crippen LogP contribution in [-0.4, -0.2) is 11.6 Å². The normalized spacial score (nSPS) is 12.9. The summed E-state index contributed by atoms with van der Waals surface area (Å²) in [5.74, 6) is 0. The molecular weight excluding hydrogens is 234 g/mol. The van der Waals surface area contributed by atoms with Gasteiger partial charge in [0.25, 0.3) is 0 Å². The summed E-state index contributed by atoms with van der Waals surface area (Å²) in [5.41, 5.74) is 2.05. The molecule has 0 N–H and O–H groups in total. The minimum absolute atomic E-state index is 0.0134. The molecule has 96 valence electrons. The topological polar surface area (TPSA) is 22.1 Å². The standard InChI is InChI=1S/C17H17NO/c1-3-19-12(2)17-15-10-5-4-8-13(15)14-9-6-7-11-16(14)18-17/h4-12H,3H2,1-2H3. The molecule has 3 aromatic rings. The number of hydrogen-bond donors (Lipinski definition) is 0. The maximum atomic E-state index is 5.72. The van der Waals surface area contributed by atoms with Crippen molar-refractivity contribution in [2.45, 2.75) is 20.0 Å². The molecule has 19 heavy (non-hydrogen) atoms. The Morgan fingerprint density at radius 3 is 2.32 bits per heavy atom. The summed E-state index contributed by atoms with van der Waals surface area (Å²) >= 11 is 0. The third-order valence-electron chi connectivity index (χ3n) is 3.44. The zero-order chi connectivity index (χ0) is 13.2. The van der Waals surface area contributed by atoms with Crippen LogP contribution in [0.5, 0.6) is 0 Å². The molecule has 0 fully saturated rings. The fourth-order valence-electron chi connectivity index (χ4n) is 2.57. The molecule has 0 aliphatic heterocycles. The molecular formula is C17H17NO. The summed E-state index contributed by atoms with van der Waals surface area (Å²) in [7, 11) is 0. The highest BCUT2D eigenvalue weighted by Crippen LogP contribution is 2.30. The van der Waals surface area contributed by atoms with Crippen LogP contribution < -0.4 is 0 Å². The van der Waals surface area contributed by atoms with Gasteiger partial charge in [0, 0.05) is 17.4 Å². The van der Waals surface area contributed by atoms with Crippen molar-refractivity contribution in [1.29, 1.82) is 0 Å². The number of nitrogens with zero attached hydrogens (tertiary/aromatic N) is 1. The highest BCUT2D eigenvalue weighted by atomic mass is 16.5. The number of para-hydroxylation sites is 1. The highest BCUT2D eigenvalue weighted by molar-refractivity contribution is 6.06. The summed E-state index contributed by atoms with van der Waals surface area (Å²) in [6.07, 6.45) is 0.0134. The molecule has 0 aliphatic carbocycles. The smallest absolute Gasteiger partial charge is 0.0972 e. The van der Waals surface area contributed by atoms with E-state index in [2.05, 4.69) is 49.4 Å². The van der Waals surface area contributed by atoms with Crippen molar-refractivity contribution in [2.24, 2.45) is 0 Å². The molecule has 2 aromatic carbocycles. The van der Waals surface area contributed by atoms with E-state index < -0.39 is 0 Å². The number of rotatable bonds is 3. The van der Waals surface area contributed by atoms with E-state index in [1.807, 2.05) is 13.0 Å². The minimum Gasteiger partial charge on any atom is -0.372 e. The van der Waals surface area contributed by atoms with Gasteiger partial charge in [0.2, 0.25) is 0 Å². The second-order valence-corrected chi connectivity index (χ2v) is 4.66. The van der Waals surface area contributed by atoms with Gasteiger partial charge in [-0.05, 0) is 25.3 Å². The van der Waals surface area contributed by atoms with Gasteiger partial charge in [-0.25, -0.2) is 4.98 Å². The van der Waals surface area contributed by atoms with Gasteiger partial charge in [-0.3, -0.25) is 0 Å². The van der Waals surface area contributed by atoms with E-state index in [1.165, 1.54) is 16.2 Å². The Morgan fingerprint density at radius 1 is 0.947 bits per heavy atom. The number of benzene rings is 2. The van der Waals surface area contributed by atoms with Gasteiger partial charge in [-0.15, -0.1) is 0 Å². The predicted octanol–water partition coefficient (Wildman–Crippen LogP) is 4.49. The Bertz CT molecular complexity index is 721. The summed E-state index contributed by atoms with van der Waals surface area (Å²) in [6, 6.07) is 16.7. The molecule has 2 nitrogen and oxygen atoms in total. The molecule has 1 aromatic heterocycles. The molecule has 0 saturated carbocycles. The van der Waals surface area contributed by atoms with Gasteiger partial charge < -0.3 is 4.74 Å². The first-order valence-electron chi connectivity index (χ1n) is 6.70. The van der Waals surface area contributed by atoms with Gasteiger partial charge in [0.05, 0.1) is 17.3 Å². The number of fused-ring (bicyclic) bond motifs is 3. The number of ether oxygens (including phenoxy) is 1. The molecule has 0 amide bonds. The summed E-state index contributed by atoms with van der Waals surface area (Å²) in [6.45, 7) is 4.77. The lowest BCUT2D eigenvalue weighted by Crippen LogP contribution is -2.03. The summed E-state index contributed by atoms with van der Waals surface area (Å²) in [5, 5.41) is 3.63. The first kappa shape index (κ1) is 12.1. The molecule has 0 spiro atoms. The lowest BCUT2D eigenvalue weighted by atomic mass is 10.0. The SMILES string of the molecule is CCOC(C)c1nc2ccccc2c2ccccc12. The van der Waals surface area contributed by atoms with Crippen LogP contribution in [-0.2, 0) is 4.74 Å². The van der Waals surface area contributed by atoms with Crippen molar-refractivity contribution < 1.29 is 4.74 Å². The van der Waals surface area contributed by atoms with Crippen LogP contribution in [0.4, 0.5) is 0 Å². The third kappa shape index (κ3) is 2.08. The van der Waals surface area contributed by atoms with E-state index in [4.69, 9.17) is 9.72 Å². The predicted molar refractivity (Wildman–Crippen MR) is 79.3 cm³/mol. The van der Waals surface area contributed by atoms with E-state index in [0.29, 0.717) is 6.61 Å². The van der Waals surface area contributed by atoms with Crippen LogP contribution in [0.1, 0.15) is 25.6 Å². The lowest BCUT2D eigenvalue weighted by Gasteiger charge is -2.15. The Balaban J connectivity index is 2.35. The van der Waals surface area contributed by atoms with E-state index in [9.17, 15) is 0 Å². The van der Waals surface area contributed by atoms with Crippen molar-refractivity contribution in [2.75, 3.05) is 6.61 Å². The Morgan fingerprint density at radius 2 is 1.58 bits per heavy atom. The molecule has 3 rings (SSSR count). The van der Waals surface area contributed by atoms with Crippen LogP contribution in [0, 0.1) is 0 Å². The molecule has 1 atom stereocenters. The van der Waals surface area contributed by atoms with Crippen molar-refractivity contribution in [1.82, 2.24) is 4.98 Å². The van der Waals surface area contributed by atoms with Gasteiger partial charge in [-0.1, -0.05) is 42.5 Å². The second-order valence-electron chi connectivity index (χ2n) is 4.66. The van der Waals surface area contributed by atoms with Crippen LogP contribution in [0.25, 0.3) is 21.7 Å². The average Bonchev–Trinajstić information content (AvgIpc) is 2.46. The highest BCUT2D eigenvalue weighted by Gasteiger charge is 2.13. The van der Waals surface area contributed by atoms with E-state index in [1.54, 1.807) is 0 Å². The minimum atomic E-state index is 0.0134. The first-order chi connectivity index (χ1) is 9.31. The van der Waals surface area contributed by atoms with Gasteiger partial charge in [0.15, 0.2) is 0 Å². The summed E-state index contributed by atoms with van der Waals surface area (Å²) in [4.78, 5) is 4.80. The number of aromatic nitrogens is 1. The number of hydrogen-bond acceptors (Lipinski definition) is 2. The number of pyridine rings is 1. The van der Waals surface area contributed by atoms with E-state index >= 15 is 0 Å². The Labute approximate surface area is 113 Å². The largest absolute Gasteiger partial charge is 0.372 e.